The van der Waals surface area contributed by atoms with Crippen molar-refractivity contribution in [2.45, 2.75) is 25.8 Å². The van der Waals surface area contributed by atoms with Crippen molar-refractivity contribution in [2.24, 2.45) is 0 Å². The number of aryl methyl sites for hydroxylation is 1. The first-order valence-corrected chi connectivity index (χ1v) is 10.9. The third-order valence-electron chi connectivity index (χ3n) is 5.90. The molecule has 176 valence electrons. The molecule has 10 nitrogen and oxygen atoms in total. The highest BCUT2D eigenvalue weighted by Gasteiger charge is 2.37. The average Bonchev–Trinajstić information content (AvgIpc) is 3.28. The predicted molar refractivity (Wildman–Crippen MR) is 124 cm³/mol. The van der Waals surface area contributed by atoms with Gasteiger partial charge in [-0.1, -0.05) is 0 Å². The Hall–Kier alpha value is -4.48. The molecule has 5 heterocycles. The zero-order chi connectivity index (χ0) is 23.9. The third-order valence-corrected chi connectivity index (χ3v) is 5.90. The van der Waals surface area contributed by atoms with Crippen LogP contribution in [0.4, 0.5) is 26.2 Å². The lowest BCUT2D eigenvalue weighted by molar-refractivity contribution is 0.0867. The molecule has 1 unspecified atom stereocenters. The van der Waals surface area contributed by atoms with Crippen LogP contribution in [0, 0.1) is 6.92 Å². The molecule has 1 aromatic carbocycles. The lowest BCUT2D eigenvalue weighted by Crippen LogP contribution is -2.52. The van der Waals surface area contributed by atoms with Gasteiger partial charge in [-0.05, 0) is 43.2 Å². The normalized spacial score (nSPS) is 15.5. The molecule has 35 heavy (non-hydrogen) atoms. The molecule has 1 aliphatic heterocycles. The molecule has 6 rings (SSSR count). The topological polar surface area (TPSA) is 106 Å². The minimum Gasteiger partial charge on any atom is -0.457 e. The molecule has 1 saturated heterocycles. The van der Waals surface area contributed by atoms with E-state index in [1.165, 1.54) is 23.8 Å². The van der Waals surface area contributed by atoms with Crippen LogP contribution in [0.1, 0.15) is 12.0 Å². The summed E-state index contributed by atoms with van der Waals surface area (Å²) < 4.78 is 34.1. The second kappa shape index (κ2) is 8.38. The van der Waals surface area contributed by atoms with E-state index in [2.05, 4.69) is 35.3 Å². The Balaban J connectivity index is 1.25. The van der Waals surface area contributed by atoms with Gasteiger partial charge < -0.3 is 15.0 Å². The highest BCUT2D eigenvalue weighted by molar-refractivity contribution is 5.87. The van der Waals surface area contributed by atoms with Gasteiger partial charge in [0.1, 0.15) is 35.2 Å². The zero-order valence-corrected chi connectivity index (χ0v) is 18.5. The maximum absolute atomic E-state index is 13.2. The monoisotopic (exact) mass is 475 g/mol. The minimum absolute atomic E-state index is 0.247. The smallest absolute Gasteiger partial charge is 0.258 e. The quantitative estimate of drug-likeness (QED) is 0.388. The van der Waals surface area contributed by atoms with Gasteiger partial charge in [-0.15, -0.1) is 0 Å². The van der Waals surface area contributed by atoms with Gasteiger partial charge >= 0.3 is 0 Å². The second-order valence-electron chi connectivity index (χ2n) is 8.14. The Labute approximate surface area is 197 Å². The minimum atomic E-state index is -2.45. The molecule has 4 aromatic heterocycles. The van der Waals surface area contributed by atoms with Crippen LogP contribution >= 0.6 is 0 Å². The number of ether oxygens (including phenoxy) is 1. The molecule has 0 bridgehead atoms. The molecule has 1 aliphatic rings. The van der Waals surface area contributed by atoms with E-state index in [1.54, 1.807) is 16.8 Å². The lowest BCUT2D eigenvalue weighted by Gasteiger charge is -2.40. The maximum Gasteiger partial charge on any atom is 0.258 e. The maximum atomic E-state index is 13.2. The van der Waals surface area contributed by atoms with Crippen LogP contribution in [-0.2, 0) is 0 Å². The van der Waals surface area contributed by atoms with E-state index in [0.717, 1.165) is 11.3 Å². The summed E-state index contributed by atoms with van der Waals surface area (Å²) >= 11 is 0. The van der Waals surface area contributed by atoms with Gasteiger partial charge in [0.2, 0.25) is 5.95 Å². The molecule has 1 N–H and O–H groups in total. The van der Waals surface area contributed by atoms with Crippen molar-refractivity contribution < 1.29 is 13.5 Å². The Bertz CT molecular complexity index is 1540. The Morgan fingerprint density at radius 2 is 2.00 bits per heavy atom. The molecule has 1 atom stereocenters. The van der Waals surface area contributed by atoms with Crippen LogP contribution in [0.5, 0.6) is 11.5 Å². The van der Waals surface area contributed by atoms with Gasteiger partial charge in [-0.3, -0.25) is 0 Å². The van der Waals surface area contributed by atoms with Crippen molar-refractivity contribution in [3.8, 4) is 11.5 Å². The van der Waals surface area contributed by atoms with Gasteiger partial charge in [-0.2, -0.15) is 5.10 Å². The van der Waals surface area contributed by atoms with Gasteiger partial charge in [0.25, 0.3) is 6.43 Å². The molecule has 0 spiro atoms. The summed E-state index contributed by atoms with van der Waals surface area (Å²) in [7, 11) is 0. The van der Waals surface area contributed by atoms with Gasteiger partial charge in [0.05, 0.1) is 12.2 Å². The number of anilines is 3. The van der Waals surface area contributed by atoms with E-state index in [1.807, 2.05) is 31.2 Å². The summed E-state index contributed by atoms with van der Waals surface area (Å²) in [6.45, 7) is 2.42. The molecule has 12 heteroatoms. The van der Waals surface area contributed by atoms with Gasteiger partial charge in [0.15, 0.2) is 11.5 Å². The molecule has 1 fully saturated rings. The first-order valence-electron chi connectivity index (χ1n) is 10.9. The van der Waals surface area contributed by atoms with Gasteiger partial charge in [-0.25, -0.2) is 38.2 Å². The van der Waals surface area contributed by atoms with Crippen LogP contribution in [0.15, 0.2) is 55.4 Å². The molecule has 0 saturated carbocycles. The van der Waals surface area contributed by atoms with E-state index in [9.17, 15) is 8.78 Å². The zero-order valence-electron chi connectivity index (χ0n) is 18.5. The Kier molecular flexibility index (Phi) is 5.05. The molecule has 5 aromatic rings. The number of hydrogen-bond acceptors (Lipinski definition) is 9. The van der Waals surface area contributed by atoms with E-state index >= 15 is 0 Å². The molecular formula is C23H19F2N9O. The van der Waals surface area contributed by atoms with Crippen LogP contribution in [-0.4, -0.2) is 53.5 Å². The molecule has 0 radical (unpaired) electrons. The molecular weight excluding hydrogens is 456 g/mol. The first-order chi connectivity index (χ1) is 17.0. The van der Waals surface area contributed by atoms with Crippen molar-refractivity contribution in [1.82, 2.24) is 34.5 Å². The summed E-state index contributed by atoms with van der Waals surface area (Å²) in [5, 5.41) is 7.33. The van der Waals surface area contributed by atoms with Crippen LogP contribution < -0.4 is 15.0 Å². The summed E-state index contributed by atoms with van der Waals surface area (Å²) in [6.07, 6.45) is 4.16. The predicted octanol–water partition coefficient (Wildman–Crippen LogP) is 4.15. The Morgan fingerprint density at radius 3 is 2.80 bits per heavy atom. The number of rotatable bonds is 6. The largest absolute Gasteiger partial charge is 0.457 e. The van der Waals surface area contributed by atoms with Crippen molar-refractivity contribution in [2.75, 3.05) is 16.8 Å². The number of fused-ring (bicyclic) bond motifs is 2. The van der Waals surface area contributed by atoms with E-state index < -0.39 is 12.5 Å². The standard InChI is InChI=1S/C23H19F2N9O/c1-13-8-14(2-3-18(13)35-15-4-7-34-19(9-15)28-12-30-34)31-22-20-16(27-11-29-22)10-26-23(32-20)33-6-5-17(33)21(24)25/h2-4,7-12,17,21H,5-6H2,1H3,(H,27,29,31). The number of hydrogen-bond donors (Lipinski definition) is 1. The van der Waals surface area contributed by atoms with Crippen molar-refractivity contribution in [1.29, 1.82) is 0 Å². The van der Waals surface area contributed by atoms with Crippen molar-refractivity contribution >= 4 is 34.1 Å². The summed E-state index contributed by atoms with van der Waals surface area (Å²) in [5.41, 5.74) is 3.31. The number of alkyl halides is 2. The number of benzene rings is 1. The number of pyridine rings is 1. The van der Waals surface area contributed by atoms with Crippen molar-refractivity contribution in [3.63, 3.8) is 0 Å². The third kappa shape index (κ3) is 3.92. The van der Waals surface area contributed by atoms with E-state index in [0.29, 0.717) is 47.0 Å². The van der Waals surface area contributed by atoms with E-state index in [-0.39, 0.29) is 5.95 Å². The molecule has 0 amide bonds. The summed E-state index contributed by atoms with van der Waals surface area (Å²) in [4.78, 5) is 22.9. The number of aromatic nitrogens is 7. The highest BCUT2D eigenvalue weighted by Crippen LogP contribution is 2.31. The fourth-order valence-electron chi connectivity index (χ4n) is 3.96. The van der Waals surface area contributed by atoms with Crippen LogP contribution in [0.3, 0.4) is 0 Å². The fraction of sp³-hybridized carbons (Fsp3) is 0.217. The lowest BCUT2D eigenvalue weighted by atomic mass is 10.1. The average molecular weight is 475 g/mol. The summed E-state index contributed by atoms with van der Waals surface area (Å²) in [5.74, 6) is 2.04. The van der Waals surface area contributed by atoms with Crippen molar-refractivity contribution in [3.05, 3.63) is 60.9 Å². The number of nitrogens with zero attached hydrogens (tertiary/aromatic N) is 8. The number of nitrogens with one attached hydrogen (secondary N) is 1. The van der Waals surface area contributed by atoms with Crippen LogP contribution in [0.25, 0.3) is 16.7 Å². The highest BCUT2D eigenvalue weighted by atomic mass is 19.3. The fourth-order valence-corrected chi connectivity index (χ4v) is 3.96. The second-order valence-corrected chi connectivity index (χ2v) is 8.14. The van der Waals surface area contributed by atoms with E-state index in [4.69, 9.17) is 4.74 Å². The summed E-state index contributed by atoms with van der Waals surface area (Å²) in [6, 6.07) is 8.38. The Morgan fingerprint density at radius 1 is 1.09 bits per heavy atom. The SMILES string of the molecule is Cc1cc(Nc2ncnc3cnc(N4CCC4C(F)F)nc23)ccc1Oc1ccn2ncnc2c1. The van der Waals surface area contributed by atoms with Gasteiger partial charge in [0, 0.05) is 24.5 Å². The molecule has 0 aliphatic carbocycles. The first kappa shape index (κ1) is 21.1. The van der Waals surface area contributed by atoms with Crippen LogP contribution in [0.2, 0.25) is 0 Å². The number of halogens is 2.